The van der Waals surface area contributed by atoms with Crippen molar-refractivity contribution in [3.05, 3.63) is 71.7 Å². The molecule has 3 rings (SSSR count). The summed E-state index contributed by atoms with van der Waals surface area (Å²) < 4.78 is 39.8. The molecule has 7 nitrogen and oxygen atoms in total. The van der Waals surface area contributed by atoms with Gasteiger partial charge in [0.25, 0.3) is 0 Å². The molecule has 2 heterocycles. The molecule has 0 saturated heterocycles. The molecule has 10 heteroatoms. The second-order valence-corrected chi connectivity index (χ2v) is 7.15. The third-order valence-corrected chi connectivity index (χ3v) is 4.59. The molecular formula is C22H22F3N5O2. The maximum Gasteiger partial charge on any atom is 0.433 e. The number of halogens is 3. The minimum absolute atomic E-state index is 0.0410. The molecule has 2 aromatic heterocycles. The van der Waals surface area contributed by atoms with E-state index < -0.39 is 17.9 Å². The summed E-state index contributed by atoms with van der Waals surface area (Å²) in [5, 5.41) is 14.2. The smallest absolute Gasteiger partial charge is 0.390 e. The number of benzene rings is 1. The Morgan fingerprint density at radius 3 is 2.53 bits per heavy atom. The average Bonchev–Trinajstić information content (AvgIpc) is 2.77. The minimum Gasteiger partial charge on any atom is -0.390 e. The van der Waals surface area contributed by atoms with Gasteiger partial charge in [0, 0.05) is 31.9 Å². The average molecular weight is 445 g/mol. The van der Waals surface area contributed by atoms with Gasteiger partial charge in [-0.3, -0.25) is 4.98 Å². The highest BCUT2D eigenvalue weighted by Crippen LogP contribution is 2.32. The topological polar surface area (TPSA) is 90.4 Å². The van der Waals surface area contributed by atoms with E-state index in [2.05, 4.69) is 20.6 Å². The summed E-state index contributed by atoms with van der Waals surface area (Å²) in [5.74, 6) is 0. The first-order valence-electron chi connectivity index (χ1n) is 9.63. The van der Waals surface area contributed by atoms with Gasteiger partial charge in [0.1, 0.15) is 5.69 Å². The van der Waals surface area contributed by atoms with E-state index in [0.717, 1.165) is 11.8 Å². The summed E-state index contributed by atoms with van der Waals surface area (Å²) >= 11 is 0. The van der Waals surface area contributed by atoms with Crippen molar-refractivity contribution in [2.24, 2.45) is 0 Å². The molecule has 3 N–H and O–H groups in total. The molecule has 2 amide bonds. The standard InChI is InChI=1S/C22H22F3N5O2/c1-30(2)18-5-3-4-14(10-18)20-15(6-9-19(29-20)22(23,24)25)11-27-21(32)28-16-7-8-17(13-31)26-12-16/h3-10,12,31H,11,13H2,1-2H3,(H2,27,28,32). The normalized spacial score (nSPS) is 11.2. The summed E-state index contributed by atoms with van der Waals surface area (Å²) in [4.78, 5) is 21.9. The highest BCUT2D eigenvalue weighted by atomic mass is 19.4. The zero-order valence-corrected chi connectivity index (χ0v) is 17.4. The molecule has 168 valence electrons. The van der Waals surface area contributed by atoms with E-state index in [9.17, 15) is 18.0 Å². The number of hydrogen-bond acceptors (Lipinski definition) is 5. The number of anilines is 2. The number of alkyl halides is 3. The van der Waals surface area contributed by atoms with Crippen molar-refractivity contribution in [2.45, 2.75) is 19.3 Å². The summed E-state index contributed by atoms with van der Waals surface area (Å²) in [6.45, 7) is -0.258. The molecule has 0 atom stereocenters. The van der Waals surface area contributed by atoms with E-state index >= 15 is 0 Å². The second-order valence-electron chi connectivity index (χ2n) is 7.15. The number of urea groups is 1. The fourth-order valence-corrected chi connectivity index (χ4v) is 2.91. The first-order valence-corrected chi connectivity index (χ1v) is 9.63. The van der Waals surface area contributed by atoms with Gasteiger partial charge in [-0.2, -0.15) is 13.2 Å². The number of aromatic nitrogens is 2. The Bertz CT molecular complexity index is 1090. The van der Waals surface area contributed by atoms with Gasteiger partial charge in [-0.25, -0.2) is 9.78 Å². The number of nitrogens with zero attached hydrogens (tertiary/aromatic N) is 3. The van der Waals surface area contributed by atoms with Crippen LogP contribution in [0, 0.1) is 0 Å². The van der Waals surface area contributed by atoms with Crippen LogP contribution >= 0.6 is 0 Å². The number of nitrogens with one attached hydrogen (secondary N) is 2. The minimum atomic E-state index is -4.59. The van der Waals surface area contributed by atoms with Crippen LogP contribution in [-0.4, -0.2) is 35.2 Å². The van der Waals surface area contributed by atoms with Crippen LogP contribution in [-0.2, 0) is 19.3 Å². The van der Waals surface area contributed by atoms with Gasteiger partial charge >= 0.3 is 12.2 Å². The third kappa shape index (κ3) is 5.73. The molecule has 0 radical (unpaired) electrons. The molecule has 32 heavy (non-hydrogen) atoms. The van der Waals surface area contributed by atoms with E-state index in [-0.39, 0.29) is 18.8 Å². The van der Waals surface area contributed by atoms with Crippen LogP contribution in [0.25, 0.3) is 11.3 Å². The molecular weight excluding hydrogens is 423 g/mol. The number of carbonyl (C=O) groups excluding carboxylic acids is 1. The summed E-state index contributed by atoms with van der Waals surface area (Å²) in [6, 6.07) is 11.8. The molecule has 3 aromatic rings. The maximum absolute atomic E-state index is 13.3. The summed E-state index contributed by atoms with van der Waals surface area (Å²) in [6.07, 6.45) is -3.20. The van der Waals surface area contributed by atoms with Crippen molar-refractivity contribution < 1.29 is 23.1 Å². The van der Waals surface area contributed by atoms with Gasteiger partial charge in [-0.15, -0.1) is 0 Å². The van der Waals surface area contributed by atoms with Crippen molar-refractivity contribution in [3.8, 4) is 11.3 Å². The fraction of sp³-hybridized carbons (Fsp3) is 0.227. The highest BCUT2D eigenvalue weighted by Gasteiger charge is 2.33. The Labute approximate surface area is 182 Å². The molecule has 0 bridgehead atoms. The Balaban J connectivity index is 1.83. The lowest BCUT2D eigenvalue weighted by Crippen LogP contribution is -2.28. The van der Waals surface area contributed by atoms with Crippen LogP contribution in [0.2, 0.25) is 0 Å². The van der Waals surface area contributed by atoms with Crippen LogP contribution in [0.3, 0.4) is 0 Å². The van der Waals surface area contributed by atoms with Gasteiger partial charge in [-0.05, 0) is 35.9 Å². The SMILES string of the molecule is CN(C)c1cccc(-c2nc(C(F)(F)F)ccc2CNC(=O)Nc2ccc(CO)nc2)c1. The Morgan fingerprint density at radius 1 is 1.12 bits per heavy atom. The largest absolute Gasteiger partial charge is 0.433 e. The van der Waals surface area contributed by atoms with E-state index in [0.29, 0.717) is 22.5 Å². The van der Waals surface area contributed by atoms with Gasteiger partial charge in [0.15, 0.2) is 0 Å². The maximum atomic E-state index is 13.3. The Hall–Kier alpha value is -3.66. The number of aliphatic hydroxyl groups excluding tert-OH is 1. The van der Waals surface area contributed by atoms with E-state index in [4.69, 9.17) is 5.11 Å². The van der Waals surface area contributed by atoms with Crippen LogP contribution in [0.1, 0.15) is 17.0 Å². The van der Waals surface area contributed by atoms with Crippen molar-refractivity contribution in [3.63, 3.8) is 0 Å². The summed E-state index contributed by atoms with van der Waals surface area (Å²) in [7, 11) is 3.65. The number of carbonyl (C=O) groups is 1. The van der Waals surface area contributed by atoms with E-state index in [1.54, 1.807) is 30.3 Å². The Kier molecular flexibility index (Phi) is 6.94. The number of rotatable bonds is 6. The lowest BCUT2D eigenvalue weighted by molar-refractivity contribution is -0.141. The predicted molar refractivity (Wildman–Crippen MR) is 115 cm³/mol. The zero-order valence-electron chi connectivity index (χ0n) is 17.4. The quantitative estimate of drug-likeness (QED) is 0.533. The number of aliphatic hydroxyl groups is 1. The fourth-order valence-electron chi connectivity index (χ4n) is 2.91. The molecule has 0 fully saturated rings. The lowest BCUT2D eigenvalue weighted by Gasteiger charge is -2.17. The zero-order chi connectivity index (χ0) is 23.3. The molecule has 0 unspecified atom stereocenters. The molecule has 0 aliphatic rings. The van der Waals surface area contributed by atoms with Gasteiger partial charge < -0.3 is 20.6 Å². The molecule has 0 aliphatic carbocycles. The number of pyridine rings is 2. The van der Waals surface area contributed by atoms with Crippen LogP contribution in [0.15, 0.2) is 54.7 Å². The Morgan fingerprint density at radius 2 is 1.91 bits per heavy atom. The van der Waals surface area contributed by atoms with Crippen molar-refractivity contribution >= 4 is 17.4 Å². The van der Waals surface area contributed by atoms with E-state index in [1.165, 1.54) is 12.3 Å². The monoisotopic (exact) mass is 445 g/mol. The van der Waals surface area contributed by atoms with Crippen LogP contribution in [0.5, 0.6) is 0 Å². The van der Waals surface area contributed by atoms with Crippen molar-refractivity contribution in [1.29, 1.82) is 0 Å². The van der Waals surface area contributed by atoms with Gasteiger partial charge in [-0.1, -0.05) is 18.2 Å². The first-order chi connectivity index (χ1) is 15.2. The van der Waals surface area contributed by atoms with Crippen molar-refractivity contribution in [1.82, 2.24) is 15.3 Å². The van der Waals surface area contributed by atoms with Crippen molar-refractivity contribution in [2.75, 3.05) is 24.3 Å². The van der Waals surface area contributed by atoms with Gasteiger partial charge in [0.05, 0.1) is 29.9 Å². The van der Waals surface area contributed by atoms with E-state index in [1.807, 2.05) is 25.1 Å². The lowest BCUT2D eigenvalue weighted by atomic mass is 10.0. The molecule has 0 aliphatic heterocycles. The van der Waals surface area contributed by atoms with Crippen LogP contribution < -0.4 is 15.5 Å². The molecule has 0 spiro atoms. The molecule has 1 aromatic carbocycles. The third-order valence-electron chi connectivity index (χ3n) is 4.59. The second kappa shape index (κ2) is 9.65. The number of amides is 2. The summed E-state index contributed by atoms with van der Waals surface area (Å²) in [5.41, 5.74) is 1.72. The first kappa shape index (κ1) is 23.0. The van der Waals surface area contributed by atoms with Crippen LogP contribution in [0.4, 0.5) is 29.3 Å². The number of hydrogen-bond donors (Lipinski definition) is 3. The van der Waals surface area contributed by atoms with Gasteiger partial charge in [0.2, 0.25) is 0 Å². The highest BCUT2D eigenvalue weighted by molar-refractivity contribution is 5.89. The predicted octanol–water partition coefficient (Wildman–Crippen LogP) is 4.04. The molecule has 0 saturated carbocycles.